The summed E-state index contributed by atoms with van der Waals surface area (Å²) in [6.07, 6.45) is -1.28. The highest BCUT2D eigenvalue weighted by Crippen LogP contribution is 2.32. The Morgan fingerprint density at radius 1 is 0.917 bits per heavy atom. The Balaban J connectivity index is 1.56. The van der Waals surface area contributed by atoms with E-state index in [4.69, 9.17) is 0 Å². The lowest BCUT2D eigenvalue weighted by Crippen LogP contribution is -2.34. The number of rotatable bonds is 3. The first-order valence-corrected chi connectivity index (χ1v) is 8.12. The zero-order valence-electron chi connectivity index (χ0n) is 13.3. The number of phenols is 1. The molecule has 2 aromatic carbocycles. The molecule has 1 aliphatic rings. The van der Waals surface area contributed by atoms with Crippen LogP contribution in [0.5, 0.6) is 5.75 Å². The van der Waals surface area contributed by atoms with E-state index in [2.05, 4.69) is 4.90 Å². The standard InChI is InChI=1S/C19H20F3NO/c20-19(21,22)16-3-5-17(6-4-16)23-11-9-15(10-12-23)13-14-1-7-18(24)8-2-14/h1-8,15,24H,9-13H2. The Kier molecular flexibility index (Phi) is 4.69. The number of benzene rings is 2. The third kappa shape index (κ3) is 4.02. The van der Waals surface area contributed by atoms with Crippen molar-refractivity contribution in [3.63, 3.8) is 0 Å². The first-order valence-electron chi connectivity index (χ1n) is 8.12. The Labute approximate surface area is 139 Å². The van der Waals surface area contributed by atoms with E-state index in [1.165, 1.54) is 5.56 Å². The van der Waals surface area contributed by atoms with Crippen molar-refractivity contribution in [1.29, 1.82) is 0 Å². The van der Waals surface area contributed by atoms with Crippen LogP contribution in [0.3, 0.4) is 0 Å². The highest BCUT2D eigenvalue weighted by Gasteiger charge is 2.30. The second kappa shape index (κ2) is 6.75. The van der Waals surface area contributed by atoms with Gasteiger partial charge in [0.1, 0.15) is 5.75 Å². The molecule has 5 heteroatoms. The van der Waals surface area contributed by atoms with Gasteiger partial charge < -0.3 is 10.0 Å². The van der Waals surface area contributed by atoms with E-state index in [1.54, 1.807) is 24.3 Å². The molecule has 0 aliphatic carbocycles. The maximum absolute atomic E-state index is 12.6. The highest BCUT2D eigenvalue weighted by atomic mass is 19.4. The lowest BCUT2D eigenvalue weighted by atomic mass is 9.90. The second-order valence-corrected chi connectivity index (χ2v) is 6.35. The Bertz CT molecular complexity index is 657. The molecule has 0 radical (unpaired) electrons. The van der Waals surface area contributed by atoms with E-state index in [-0.39, 0.29) is 5.75 Å². The number of aromatic hydroxyl groups is 1. The zero-order chi connectivity index (χ0) is 17.2. The molecule has 0 spiro atoms. The first kappa shape index (κ1) is 16.7. The topological polar surface area (TPSA) is 23.5 Å². The van der Waals surface area contributed by atoms with Gasteiger partial charge in [-0.2, -0.15) is 13.2 Å². The smallest absolute Gasteiger partial charge is 0.416 e. The van der Waals surface area contributed by atoms with E-state index < -0.39 is 11.7 Å². The minimum Gasteiger partial charge on any atom is -0.508 e. The third-order valence-electron chi connectivity index (χ3n) is 4.64. The van der Waals surface area contributed by atoms with Crippen molar-refractivity contribution in [2.45, 2.75) is 25.4 Å². The maximum Gasteiger partial charge on any atom is 0.416 e. The molecule has 1 saturated heterocycles. The van der Waals surface area contributed by atoms with E-state index >= 15 is 0 Å². The summed E-state index contributed by atoms with van der Waals surface area (Å²) >= 11 is 0. The first-order chi connectivity index (χ1) is 11.4. The van der Waals surface area contributed by atoms with Gasteiger partial charge in [0.15, 0.2) is 0 Å². The average molecular weight is 335 g/mol. The second-order valence-electron chi connectivity index (χ2n) is 6.35. The maximum atomic E-state index is 12.6. The summed E-state index contributed by atoms with van der Waals surface area (Å²) in [5.41, 5.74) is 1.46. The van der Waals surface area contributed by atoms with Crippen LogP contribution in [0.4, 0.5) is 18.9 Å². The van der Waals surface area contributed by atoms with Crippen LogP contribution in [0.2, 0.25) is 0 Å². The lowest BCUT2D eigenvalue weighted by Gasteiger charge is -2.34. The number of phenolic OH excluding ortho intramolecular Hbond substituents is 1. The van der Waals surface area contributed by atoms with Gasteiger partial charge >= 0.3 is 6.18 Å². The van der Waals surface area contributed by atoms with E-state index in [0.717, 1.165) is 50.2 Å². The SMILES string of the molecule is Oc1ccc(CC2CCN(c3ccc(C(F)(F)F)cc3)CC2)cc1. The molecule has 0 unspecified atom stereocenters. The van der Waals surface area contributed by atoms with Crippen LogP contribution in [0.25, 0.3) is 0 Å². The number of hydrogen-bond acceptors (Lipinski definition) is 2. The summed E-state index contributed by atoms with van der Waals surface area (Å²) in [5.74, 6) is 0.844. The quantitative estimate of drug-likeness (QED) is 0.865. The van der Waals surface area contributed by atoms with E-state index in [1.807, 2.05) is 12.1 Å². The minimum absolute atomic E-state index is 0.274. The van der Waals surface area contributed by atoms with Crippen molar-refractivity contribution in [2.75, 3.05) is 18.0 Å². The number of halogens is 3. The van der Waals surface area contributed by atoms with Crippen molar-refractivity contribution in [3.05, 3.63) is 59.7 Å². The van der Waals surface area contributed by atoms with Crippen molar-refractivity contribution in [3.8, 4) is 5.75 Å². The molecule has 3 rings (SSSR count). The predicted octanol–water partition coefficient (Wildman–Crippen LogP) is 4.87. The number of alkyl halides is 3. The molecule has 1 heterocycles. The summed E-state index contributed by atoms with van der Waals surface area (Å²) in [6, 6.07) is 12.7. The molecule has 1 aliphatic heterocycles. The highest BCUT2D eigenvalue weighted by molar-refractivity contribution is 5.48. The normalized spacial score (nSPS) is 16.4. The van der Waals surface area contributed by atoms with Crippen LogP contribution < -0.4 is 4.90 Å². The molecule has 2 aromatic rings. The minimum atomic E-state index is -4.28. The van der Waals surface area contributed by atoms with Crippen LogP contribution >= 0.6 is 0 Å². The number of hydrogen-bond donors (Lipinski definition) is 1. The van der Waals surface area contributed by atoms with Crippen LogP contribution in [0, 0.1) is 5.92 Å². The average Bonchev–Trinajstić information content (AvgIpc) is 2.57. The molecule has 1 N–H and O–H groups in total. The Hall–Kier alpha value is -2.17. The molecular weight excluding hydrogens is 315 g/mol. The molecule has 0 atom stereocenters. The van der Waals surface area contributed by atoms with Crippen molar-refractivity contribution in [2.24, 2.45) is 5.92 Å². The largest absolute Gasteiger partial charge is 0.508 e. The van der Waals surface area contributed by atoms with Gasteiger partial charge in [-0.3, -0.25) is 0 Å². The van der Waals surface area contributed by atoms with Gasteiger partial charge in [0, 0.05) is 18.8 Å². The molecule has 128 valence electrons. The van der Waals surface area contributed by atoms with E-state index in [9.17, 15) is 18.3 Å². The molecule has 1 fully saturated rings. The molecule has 0 aromatic heterocycles. The molecule has 24 heavy (non-hydrogen) atoms. The molecule has 0 amide bonds. The van der Waals surface area contributed by atoms with Gasteiger partial charge in [-0.15, -0.1) is 0 Å². The number of piperidine rings is 1. The lowest BCUT2D eigenvalue weighted by molar-refractivity contribution is -0.137. The fourth-order valence-electron chi connectivity index (χ4n) is 3.22. The fourth-order valence-corrected chi connectivity index (χ4v) is 3.22. The van der Waals surface area contributed by atoms with Gasteiger partial charge in [0.25, 0.3) is 0 Å². The molecule has 0 bridgehead atoms. The summed E-state index contributed by atoms with van der Waals surface area (Å²) in [6.45, 7) is 1.71. The summed E-state index contributed by atoms with van der Waals surface area (Å²) in [7, 11) is 0. The molecule has 2 nitrogen and oxygen atoms in total. The molecular formula is C19H20F3NO. The number of nitrogens with zero attached hydrogens (tertiary/aromatic N) is 1. The fraction of sp³-hybridized carbons (Fsp3) is 0.368. The van der Waals surface area contributed by atoms with Crippen molar-refractivity contribution < 1.29 is 18.3 Å². The number of anilines is 1. The predicted molar refractivity (Wildman–Crippen MR) is 88.2 cm³/mol. The van der Waals surface area contributed by atoms with Gasteiger partial charge in [-0.25, -0.2) is 0 Å². The Morgan fingerprint density at radius 3 is 2.04 bits per heavy atom. The summed E-state index contributed by atoms with van der Waals surface area (Å²) < 4.78 is 37.8. The van der Waals surface area contributed by atoms with Gasteiger partial charge in [0.05, 0.1) is 5.56 Å². The van der Waals surface area contributed by atoms with Crippen molar-refractivity contribution >= 4 is 5.69 Å². The van der Waals surface area contributed by atoms with Crippen LogP contribution in [-0.4, -0.2) is 18.2 Å². The molecule has 0 saturated carbocycles. The van der Waals surface area contributed by atoms with Crippen LogP contribution in [0.15, 0.2) is 48.5 Å². The van der Waals surface area contributed by atoms with Crippen LogP contribution in [0.1, 0.15) is 24.0 Å². The summed E-state index contributed by atoms with van der Waals surface area (Å²) in [5, 5.41) is 9.32. The van der Waals surface area contributed by atoms with Crippen molar-refractivity contribution in [1.82, 2.24) is 0 Å². The van der Waals surface area contributed by atoms with Gasteiger partial charge in [-0.1, -0.05) is 12.1 Å². The van der Waals surface area contributed by atoms with Gasteiger partial charge in [-0.05, 0) is 67.1 Å². The van der Waals surface area contributed by atoms with Crippen LogP contribution in [-0.2, 0) is 12.6 Å². The Morgan fingerprint density at radius 2 is 1.50 bits per heavy atom. The monoisotopic (exact) mass is 335 g/mol. The zero-order valence-corrected chi connectivity index (χ0v) is 13.3. The van der Waals surface area contributed by atoms with E-state index in [0.29, 0.717) is 5.92 Å². The summed E-state index contributed by atoms with van der Waals surface area (Å²) in [4.78, 5) is 2.15. The third-order valence-corrected chi connectivity index (χ3v) is 4.64. The van der Waals surface area contributed by atoms with Gasteiger partial charge in [0.2, 0.25) is 0 Å².